The summed E-state index contributed by atoms with van der Waals surface area (Å²) in [5, 5.41) is 10.8. The van der Waals surface area contributed by atoms with Crippen LogP contribution in [0.4, 0.5) is 5.69 Å². The molecule has 1 fully saturated rings. The van der Waals surface area contributed by atoms with E-state index in [0.29, 0.717) is 5.92 Å². The van der Waals surface area contributed by atoms with Crippen molar-refractivity contribution in [1.82, 2.24) is 0 Å². The van der Waals surface area contributed by atoms with Gasteiger partial charge in [0.05, 0.1) is 4.92 Å². The van der Waals surface area contributed by atoms with Gasteiger partial charge in [-0.15, -0.1) is 0 Å². The van der Waals surface area contributed by atoms with Crippen LogP contribution >= 0.6 is 0 Å². The van der Waals surface area contributed by atoms with E-state index in [4.69, 9.17) is 0 Å². The fourth-order valence-electron chi connectivity index (χ4n) is 2.84. The summed E-state index contributed by atoms with van der Waals surface area (Å²) >= 11 is 0. The van der Waals surface area contributed by atoms with Crippen LogP contribution in [0.3, 0.4) is 0 Å². The van der Waals surface area contributed by atoms with Gasteiger partial charge < -0.3 is 0 Å². The molecule has 0 spiro atoms. The van der Waals surface area contributed by atoms with Crippen molar-refractivity contribution < 1.29 is 4.92 Å². The lowest BCUT2D eigenvalue weighted by Gasteiger charge is -2.11. The zero-order chi connectivity index (χ0) is 13.5. The highest BCUT2D eigenvalue weighted by Gasteiger charge is 2.51. The summed E-state index contributed by atoms with van der Waals surface area (Å²) < 4.78 is 0. The van der Waals surface area contributed by atoms with E-state index in [0.717, 1.165) is 12.0 Å². The largest absolute Gasteiger partial charge is 0.269 e. The smallest absolute Gasteiger partial charge is 0.258 e. The molecule has 0 bridgehead atoms. The topological polar surface area (TPSA) is 43.1 Å². The van der Waals surface area contributed by atoms with E-state index < -0.39 is 0 Å². The molecule has 2 aromatic carbocycles. The molecule has 1 aliphatic rings. The van der Waals surface area contributed by atoms with Gasteiger partial charge in [-0.1, -0.05) is 49.4 Å². The number of hydrogen-bond donors (Lipinski definition) is 0. The van der Waals surface area contributed by atoms with E-state index in [-0.39, 0.29) is 16.0 Å². The van der Waals surface area contributed by atoms with Gasteiger partial charge >= 0.3 is 0 Å². The Morgan fingerprint density at radius 1 is 1.16 bits per heavy atom. The lowest BCUT2D eigenvalue weighted by Crippen LogP contribution is -2.03. The maximum atomic E-state index is 10.8. The molecule has 3 rings (SSSR count). The molecule has 0 saturated heterocycles. The van der Waals surface area contributed by atoms with Crippen LogP contribution in [0.5, 0.6) is 0 Å². The fourth-order valence-corrected chi connectivity index (χ4v) is 2.84. The zero-order valence-electron chi connectivity index (χ0n) is 10.7. The molecule has 3 heteroatoms. The summed E-state index contributed by atoms with van der Waals surface area (Å²) in [6, 6.07) is 17.4. The van der Waals surface area contributed by atoms with E-state index in [1.165, 1.54) is 5.56 Å². The second-order valence-electron chi connectivity index (χ2n) is 5.39. The highest BCUT2D eigenvalue weighted by atomic mass is 16.6. The van der Waals surface area contributed by atoms with Crippen LogP contribution < -0.4 is 0 Å². The molecular formula is C16H15NO2. The van der Waals surface area contributed by atoms with Gasteiger partial charge in [-0.2, -0.15) is 0 Å². The lowest BCUT2D eigenvalue weighted by atomic mass is 9.93. The molecule has 0 N–H and O–H groups in total. The summed E-state index contributed by atoms with van der Waals surface area (Å²) in [6.07, 6.45) is 1.05. The van der Waals surface area contributed by atoms with Crippen LogP contribution in [-0.2, 0) is 5.41 Å². The van der Waals surface area contributed by atoms with Crippen molar-refractivity contribution in [2.75, 3.05) is 0 Å². The van der Waals surface area contributed by atoms with E-state index in [1.54, 1.807) is 18.2 Å². The molecule has 2 atom stereocenters. The number of rotatable bonds is 3. The van der Waals surface area contributed by atoms with Crippen LogP contribution in [-0.4, -0.2) is 4.92 Å². The molecule has 1 aliphatic carbocycles. The first kappa shape index (κ1) is 11.9. The number of benzene rings is 2. The molecule has 2 aromatic rings. The fraction of sp³-hybridized carbons (Fsp3) is 0.250. The van der Waals surface area contributed by atoms with Gasteiger partial charge in [0.2, 0.25) is 0 Å². The number of hydrogen-bond acceptors (Lipinski definition) is 2. The quantitative estimate of drug-likeness (QED) is 0.612. The Balaban J connectivity index is 1.90. The van der Waals surface area contributed by atoms with Gasteiger partial charge in [0.25, 0.3) is 5.69 Å². The Morgan fingerprint density at radius 3 is 2.58 bits per heavy atom. The average molecular weight is 253 g/mol. The monoisotopic (exact) mass is 253 g/mol. The summed E-state index contributed by atoms with van der Waals surface area (Å²) in [7, 11) is 0. The Labute approximate surface area is 112 Å². The number of non-ortho nitro benzene ring substituents is 1. The van der Waals surface area contributed by atoms with Crippen LogP contribution in [0, 0.1) is 10.1 Å². The average Bonchev–Trinajstić information content (AvgIpc) is 3.14. The number of nitrogens with zero attached hydrogens (tertiary/aromatic N) is 1. The summed E-state index contributed by atoms with van der Waals surface area (Å²) in [4.78, 5) is 10.5. The third kappa shape index (κ3) is 2.01. The molecular weight excluding hydrogens is 238 g/mol. The van der Waals surface area contributed by atoms with Crippen molar-refractivity contribution in [3.8, 4) is 0 Å². The minimum atomic E-state index is -0.328. The Hall–Kier alpha value is -2.16. The summed E-state index contributed by atoms with van der Waals surface area (Å²) in [5.41, 5.74) is 2.68. The van der Waals surface area contributed by atoms with Gasteiger partial charge in [0.15, 0.2) is 0 Å². The van der Waals surface area contributed by atoms with Gasteiger partial charge in [-0.25, -0.2) is 0 Å². The van der Waals surface area contributed by atoms with E-state index in [1.807, 2.05) is 24.3 Å². The lowest BCUT2D eigenvalue weighted by molar-refractivity contribution is -0.384. The molecule has 0 aromatic heterocycles. The first-order valence-corrected chi connectivity index (χ1v) is 6.41. The van der Waals surface area contributed by atoms with Crippen molar-refractivity contribution >= 4 is 5.69 Å². The van der Waals surface area contributed by atoms with Gasteiger partial charge in [0.1, 0.15) is 0 Å². The van der Waals surface area contributed by atoms with Crippen LogP contribution in [0.15, 0.2) is 54.6 Å². The first-order chi connectivity index (χ1) is 9.11. The Bertz CT molecular complexity index is 624. The van der Waals surface area contributed by atoms with Crippen molar-refractivity contribution in [2.45, 2.75) is 24.7 Å². The second kappa shape index (κ2) is 4.19. The van der Waals surface area contributed by atoms with Gasteiger partial charge in [-0.05, 0) is 28.9 Å². The molecule has 3 nitrogen and oxygen atoms in total. The number of nitro benzene ring substituents is 1. The second-order valence-corrected chi connectivity index (χ2v) is 5.39. The van der Waals surface area contributed by atoms with Gasteiger partial charge in [0, 0.05) is 12.1 Å². The standard InChI is InChI=1S/C16H15NO2/c1-16(13-7-3-2-4-8-13)11-15(16)12-6-5-9-14(10-12)17(18)19/h2-10,15H,11H2,1H3/t15-,16-/m1/s1. The highest BCUT2D eigenvalue weighted by molar-refractivity contribution is 5.45. The first-order valence-electron chi connectivity index (χ1n) is 6.41. The van der Waals surface area contributed by atoms with E-state index >= 15 is 0 Å². The summed E-state index contributed by atoms with van der Waals surface area (Å²) in [6.45, 7) is 2.23. The zero-order valence-corrected chi connectivity index (χ0v) is 10.7. The highest BCUT2D eigenvalue weighted by Crippen LogP contribution is 2.60. The predicted octanol–water partition coefficient (Wildman–Crippen LogP) is 4.04. The minimum absolute atomic E-state index is 0.122. The SMILES string of the molecule is C[C@]1(c2ccccc2)C[C@@H]1c1cccc([N+](=O)[O-])c1. The van der Waals surface area contributed by atoms with Crippen molar-refractivity contribution in [2.24, 2.45) is 0 Å². The third-order valence-corrected chi connectivity index (χ3v) is 4.15. The van der Waals surface area contributed by atoms with Crippen LogP contribution in [0.1, 0.15) is 30.4 Å². The molecule has 0 radical (unpaired) electrons. The van der Waals surface area contributed by atoms with Crippen molar-refractivity contribution in [1.29, 1.82) is 0 Å². The van der Waals surface area contributed by atoms with E-state index in [2.05, 4.69) is 19.1 Å². The molecule has 19 heavy (non-hydrogen) atoms. The number of nitro groups is 1. The maximum absolute atomic E-state index is 10.8. The molecule has 0 amide bonds. The van der Waals surface area contributed by atoms with Crippen LogP contribution in [0.25, 0.3) is 0 Å². The minimum Gasteiger partial charge on any atom is -0.258 e. The maximum Gasteiger partial charge on any atom is 0.269 e. The van der Waals surface area contributed by atoms with Crippen LogP contribution in [0.2, 0.25) is 0 Å². The predicted molar refractivity (Wildman–Crippen MR) is 74.2 cm³/mol. The third-order valence-electron chi connectivity index (χ3n) is 4.15. The summed E-state index contributed by atoms with van der Waals surface area (Å²) in [5.74, 6) is 0.384. The Kier molecular flexibility index (Phi) is 2.63. The van der Waals surface area contributed by atoms with E-state index in [9.17, 15) is 10.1 Å². The van der Waals surface area contributed by atoms with Gasteiger partial charge in [-0.3, -0.25) is 10.1 Å². The van der Waals surface area contributed by atoms with Crippen molar-refractivity contribution in [3.05, 3.63) is 75.8 Å². The molecule has 0 unspecified atom stereocenters. The molecule has 96 valence electrons. The molecule has 0 heterocycles. The normalized spacial score (nSPS) is 25.0. The molecule has 0 aliphatic heterocycles. The van der Waals surface area contributed by atoms with Crippen molar-refractivity contribution in [3.63, 3.8) is 0 Å². The molecule has 1 saturated carbocycles. The Morgan fingerprint density at radius 2 is 1.89 bits per heavy atom.